The minimum Gasteiger partial charge on any atom is -0.496 e. The van der Waals surface area contributed by atoms with E-state index < -0.39 is 41.8 Å². The maximum atomic E-state index is 13.2. The zero-order valence-corrected chi connectivity index (χ0v) is 16.3. The van der Waals surface area contributed by atoms with Gasteiger partial charge in [-0.05, 0) is 51.5 Å². The van der Waals surface area contributed by atoms with Crippen molar-refractivity contribution in [2.75, 3.05) is 14.2 Å². The number of alkyl halides is 3. The van der Waals surface area contributed by atoms with E-state index in [9.17, 15) is 18.0 Å². The average molecular weight is 388 g/mol. The number of carbonyl (C=O) groups is 1. The van der Waals surface area contributed by atoms with Gasteiger partial charge in [-0.2, -0.15) is 13.2 Å². The number of hydrogen-bond donors (Lipinski definition) is 0. The molecule has 0 radical (unpaired) electrons. The van der Waals surface area contributed by atoms with Crippen LogP contribution in [-0.4, -0.2) is 38.5 Å². The van der Waals surface area contributed by atoms with E-state index in [-0.39, 0.29) is 17.7 Å². The molecule has 1 saturated heterocycles. The van der Waals surface area contributed by atoms with Crippen LogP contribution in [0.1, 0.15) is 51.1 Å². The highest BCUT2D eigenvalue weighted by atomic mass is 19.4. The summed E-state index contributed by atoms with van der Waals surface area (Å²) in [6.07, 6.45) is -4.75. The van der Waals surface area contributed by atoms with E-state index in [2.05, 4.69) is 0 Å². The van der Waals surface area contributed by atoms with Crippen molar-refractivity contribution in [3.8, 4) is 5.75 Å². The van der Waals surface area contributed by atoms with Gasteiger partial charge < -0.3 is 18.8 Å². The van der Waals surface area contributed by atoms with Crippen molar-refractivity contribution in [3.05, 3.63) is 29.3 Å². The molecule has 1 heterocycles. The minimum absolute atomic E-state index is 0.177. The maximum absolute atomic E-state index is 13.2. The number of esters is 1. The van der Waals surface area contributed by atoms with Crippen molar-refractivity contribution in [1.29, 1.82) is 0 Å². The number of benzene rings is 1. The quantitative estimate of drug-likeness (QED) is 0.564. The van der Waals surface area contributed by atoms with Crippen LogP contribution in [0, 0.1) is 0 Å². The topological polar surface area (TPSA) is 54.0 Å². The largest absolute Gasteiger partial charge is 0.496 e. The van der Waals surface area contributed by atoms with Gasteiger partial charge in [-0.25, -0.2) is 0 Å². The fourth-order valence-corrected chi connectivity index (χ4v) is 2.87. The Bertz CT molecular complexity index is 687. The summed E-state index contributed by atoms with van der Waals surface area (Å²) in [5, 5.41) is 0. The summed E-state index contributed by atoms with van der Waals surface area (Å²) >= 11 is 0. The molecule has 0 aliphatic carbocycles. The molecule has 0 aromatic heterocycles. The lowest BCUT2D eigenvalue weighted by molar-refractivity contribution is -0.140. The zero-order valence-electron chi connectivity index (χ0n) is 16.3. The van der Waals surface area contributed by atoms with Crippen molar-refractivity contribution in [2.24, 2.45) is 0 Å². The van der Waals surface area contributed by atoms with Crippen LogP contribution < -0.4 is 4.74 Å². The lowest BCUT2D eigenvalue weighted by Crippen LogP contribution is -2.41. The first kappa shape index (κ1) is 21.6. The van der Waals surface area contributed by atoms with Crippen molar-refractivity contribution in [2.45, 2.75) is 57.3 Å². The van der Waals surface area contributed by atoms with E-state index in [0.717, 1.165) is 12.1 Å². The van der Waals surface area contributed by atoms with E-state index in [4.69, 9.17) is 18.8 Å². The van der Waals surface area contributed by atoms with Gasteiger partial charge in [0, 0.05) is 5.82 Å². The van der Waals surface area contributed by atoms with E-state index in [1.165, 1.54) is 20.3 Å². The van der Waals surface area contributed by atoms with Gasteiger partial charge in [0.05, 0.1) is 37.4 Å². The number of ether oxygens (including phenoxy) is 2. The van der Waals surface area contributed by atoms with Gasteiger partial charge in [-0.15, -0.1) is 0 Å². The maximum Gasteiger partial charge on any atom is 0.466 e. The van der Waals surface area contributed by atoms with Crippen LogP contribution in [0.4, 0.5) is 13.2 Å². The highest BCUT2D eigenvalue weighted by molar-refractivity contribution is 6.48. The second kappa shape index (κ2) is 7.35. The van der Waals surface area contributed by atoms with E-state index in [0.29, 0.717) is 0 Å². The standard InChI is InChI=1S/C18H24BF3O5/c1-16(2)17(3,4)27-19(26-16)13(10-15(23)25-6)12-9-11(18(20,21)22)7-8-14(12)24-5/h7-9,13H,10H2,1-6H3. The molecule has 1 aromatic rings. The molecule has 1 fully saturated rings. The normalized spacial score (nSPS) is 19.7. The molecule has 0 amide bonds. The molecule has 2 rings (SSSR count). The molecule has 1 unspecified atom stereocenters. The molecule has 1 aliphatic heterocycles. The Balaban J connectivity index is 2.53. The van der Waals surface area contributed by atoms with Crippen molar-refractivity contribution in [1.82, 2.24) is 0 Å². The van der Waals surface area contributed by atoms with E-state index in [1.54, 1.807) is 0 Å². The fraction of sp³-hybridized carbons (Fsp3) is 0.611. The van der Waals surface area contributed by atoms with Gasteiger partial charge in [-0.1, -0.05) is 0 Å². The molecule has 0 N–H and O–H groups in total. The lowest BCUT2D eigenvalue weighted by atomic mass is 9.65. The second-order valence-electron chi connectivity index (χ2n) is 7.47. The zero-order chi connectivity index (χ0) is 20.6. The Morgan fingerprint density at radius 3 is 2.15 bits per heavy atom. The van der Waals surface area contributed by atoms with Gasteiger partial charge in [0.15, 0.2) is 0 Å². The first-order valence-electron chi connectivity index (χ1n) is 8.50. The predicted octanol–water partition coefficient (Wildman–Crippen LogP) is 3.99. The Morgan fingerprint density at radius 2 is 1.70 bits per heavy atom. The van der Waals surface area contributed by atoms with Gasteiger partial charge in [-0.3, -0.25) is 4.79 Å². The van der Waals surface area contributed by atoms with Crippen LogP contribution in [0.3, 0.4) is 0 Å². The van der Waals surface area contributed by atoms with Crippen LogP contribution in [0.15, 0.2) is 18.2 Å². The molecule has 5 nitrogen and oxygen atoms in total. The Kier molecular flexibility index (Phi) is 5.87. The summed E-state index contributed by atoms with van der Waals surface area (Å²) < 4.78 is 61.6. The summed E-state index contributed by atoms with van der Waals surface area (Å²) in [5.41, 5.74) is -2.08. The molecule has 0 spiro atoms. The molecule has 1 aliphatic rings. The third-order valence-corrected chi connectivity index (χ3v) is 5.17. The Hall–Kier alpha value is -1.74. The monoisotopic (exact) mass is 388 g/mol. The van der Waals surface area contributed by atoms with Crippen LogP contribution in [0.2, 0.25) is 0 Å². The van der Waals surface area contributed by atoms with Gasteiger partial charge >= 0.3 is 19.3 Å². The second-order valence-corrected chi connectivity index (χ2v) is 7.47. The Morgan fingerprint density at radius 1 is 1.15 bits per heavy atom. The number of rotatable bonds is 5. The van der Waals surface area contributed by atoms with Crippen molar-refractivity contribution >= 4 is 13.1 Å². The molecule has 0 bridgehead atoms. The van der Waals surface area contributed by atoms with Crippen LogP contribution in [-0.2, 0) is 25.0 Å². The number of halogens is 3. The van der Waals surface area contributed by atoms with Crippen molar-refractivity contribution < 1.29 is 36.7 Å². The molecule has 150 valence electrons. The number of methoxy groups -OCH3 is 2. The molecule has 1 atom stereocenters. The van der Waals surface area contributed by atoms with E-state index in [1.807, 2.05) is 27.7 Å². The number of hydrogen-bond acceptors (Lipinski definition) is 5. The van der Waals surface area contributed by atoms with Crippen LogP contribution >= 0.6 is 0 Å². The summed E-state index contributed by atoms with van der Waals surface area (Å²) in [6.45, 7) is 7.30. The molecular formula is C18H24BF3O5. The third-order valence-electron chi connectivity index (χ3n) is 5.17. The summed E-state index contributed by atoms with van der Waals surface area (Å²) in [7, 11) is 1.63. The molecule has 1 aromatic carbocycles. The predicted molar refractivity (Wildman–Crippen MR) is 93.5 cm³/mol. The first-order valence-corrected chi connectivity index (χ1v) is 8.50. The summed E-state index contributed by atoms with van der Waals surface area (Å²) in [5.74, 6) is -1.21. The van der Waals surface area contributed by atoms with E-state index >= 15 is 0 Å². The number of carbonyl (C=O) groups excluding carboxylic acids is 1. The SMILES string of the molecule is COC(=O)CC(B1OC(C)(C)C(C)(C)O1)c1cc(C(F)(F)F)ccc1OC. The lowest BCUT2D eigenvalue weighted by Gasteiger charge is -2.32. The summed E-state index contributed by atoms with van der Waals surface area (Å²) in [6, 6.07) is 3.13. The molecular weight excluding hydrogens is 364 g/mol. The smallest absolute Gasteiger partial charge is 0.466 e. The fourth-order valence-electron chi connectivity index (χ4n) is 2.87. The minimum atomic E-state index is -4.53. The average Bonchev–Trinajstić information content (AvgIpc) is 2.78. The van der Waals surface area contributed by atoms with Crippen molar-refractivity contribution in [3.63, 3.8) is 0 Å². The highest BCUT2D eigenvalue weighted by Gasteiger charge is 2.55. The molecule has 0 saturated carbocycles. The van der Waals surface area contributed by atoms with Crippen LogP contribution in [0.5, 0.6) is 5.75 Å². The summed E-state index contributed by atoms with van der Waals surface area (Å²) in [4.78, 5) is 12.0. The molecule has 9 heteroatoms. The Labute approximate surface area is 157 Å². The van der Waals surface area contributed by atoms with Gasteiger partial charge in [0.2, 0.25) is 0 Å². The van der Waals surface area contributed by atoms with Gasteiger partial charge in [0.1, 0.15) is 5.75 Å². The first-order chi connectivity index (χ1) is 12.3. The van der Waals surface area contributed by atoms with Crippen LogP contribution in [0.25, 0.3) is 0 Å². The highest BCUT2D eigenvalue weighted by Crippen LogP contribution is 2.44. The third kappa shape index (κ3) is 4.40. The van der Waals surface area contributed by atoms with Gasteiger partial charge in [0.25, 0.3) is 0 Å². The molecule has 27 heavy (non-hydrogen) atoms.